The maximum Gasteiger partial charge on any atom is 0.0266 e. The Balaban J connectivity index is 1.67. The van der Waals surface area contributed by atoms with Crippen molar-refractivity contribution in [3.05, 3.63) is 0 Å². The zero-order chi connectivity index (χ0) is 11.8. The van der Waals surface area contributed by atoms with Crippen molar-refractivity contribution in [2.45, 2.75) is 69.6 Å². The summed E-state index contributed by atoms with van der Waals surface area (Å²) in [5.74, 6) is 0. The van der Waals surface area contributed by atoms with E-state index in [4.69, 9.17) is 5.73 Å². The SMILES string of the molecule is CC1CC(N)CCN1C1CCN2CCCCC12. The van der Waals surface area contributed by atoms with Crippen LogP contribution in [0.3, 0.4) is 0 Å². The molecule has 0 bridgehead atoms. The summed E-state index contributed by atoms with van der Waals surface area (Å²) in [6, 6.07) is 2.84. The topological polar surface area (TPSA) is 32.5 Å². The van der Waals surface area contributed by atoms with Gasteiger partial charge in [0, 0.05) is 37.3 Å². The van der Waals surface area contributed by atoms with Crippen molar-refractivity contribution in [1.82, 2.24) is 9.80 Å². The van der Waals surface area contributed by atoms with Crippen LogP contribution in [0.2, 0.25) is 0 Å². The molecule has 2 N–H and O–H groups in total. The molecule has 17 heavy (non-hydrogen) atoms. The van der Waals surface area contributed by atoms with Gasteiger partial charge in [0.1, 0.15) is 0 Å². The van der Waals surface area contributed by atoms with Crippen molar-refractivity contribution < 1.29 is 0 Å². The van der Waals surface area contributed by atoms with E-state index in [1.165, 1.54) is 58.2 Å². The molecule has 0 radical (unpaired) electrons. The van der Waals surface area contributed by atoms with Gasteiger partial charge in [-0.2, -0.15) is 0 Å². The maximum atomic E-state index is 6.08. The molecule has 3 aliphatic heterocycles. The molecule has 4 unspecified atom stereocenters. The number of fused-ring (bicyclic) bond motifs is 1. The number of likely N-dealkylation sites (tertiary alicyclic amines) is 1. The van der Waals surface area contributed by atoms with Crippen molar-refractivity contribution in [3.8, 4) is 0 Å². The Labute approximate surface area is 105 Å². The average molecular weight is 237 g/mol. The molecule has 0 saturated carbocycles. The van der Waals surface area contributed by atoms with Gasteiger partial charge in [-0.15, -0.1) is 0 Å². The molecule has 4 atom stereocenters. The molecule has 0 aliphatic carbocycles. The second-order valence-corrected chi connectivity index (χ2v) is 6.33. The summed E-state index contributed by atoms with van der Waals surface area (Å²) < 4.78 is 0. The van der Waals surface area contributed by atoms with Gasteiger partial charge in [-0.05, 0) is 45.6 Å². The van der Waals surface area contributed by atoms with Gasteiger partial charge in [-0.1, -0.05) is 6.42 Å². The molecule has 98 valence electrons. The zero-order valence-corrected chi connectivity index (χ0v) is 11.1. The van der Waals surface area contributed by atoms with Gasteiger partial charge in [0.2, 0.25) is 0 Å². The van der Waals surface area contributed by atoms with Gasteiger partial charge in [-0.25, -0.2) is 0 Å². The highest BCUT2D eigenvalue weighted by Gasteiger charge is 2.41. The molecule has 3 rings (SSSR count). The minimum atomic E-state index is 0.449. The molecule has 3 aliphatic rings. The van der Waals surface area contributed by atoms with Crippen molar-refractivity contribution in [2.75, 3.05) is 19.6 Å². The van der Waals surface area contributed by atoms with E-state index in [2.05, 4.69) is 16.7 Å². The zero-order valence-electron chi connectivity index (χ0n) is 11.1. The molecular weight excluding hydrogens is 210 g/mol. The lowest BCUT2D eigenvalue weighted by atomic mass is 9.92. The predicted molar refractivity (Wildman–Crippen MR) is 71.0 cm³/mol. The number of hydrogen-bond acceptors (Lipinski definition) is 3. The second-order valence-electron chi connectivity index (χ2n) is 6.33. The minimum Gasteiger partial charge on any atom is -0.328 e. The van der Waals surface area contributed by atoms with E-state index in [0.717, 1.165) is 12.1 Å². The first-order valence-corrected chi connectivity index (χ1v) is 7.51. The van der Waals surface area contributed by atoms with Gasteiger partial charge < -0.3 is 5.73 Å². The molecule has 0 spiro atoms. The van der Waals surface area contributed by atoms with Crippen LogP contribution in [0.25, 0.3) is 0 Å². The van der Waals surface area contributed by atoms with E-state index in [0.29, 0.717) is 12.1 Å². The first-order chi connectivity index (χ1) is 8.25. The molecule has 0 aromatic rings. The van der Waals surface area contributed by atoms with E-state index < -0.39 is 0 Å². The van der Waals surface area contributed by atoms with E-state index in [1.807, 2.05) is 0 Å². The smallest absolute Gasteiger partial charge is 0.0266 e. The standard InChI is InChI=1S/C14H27N3/c1-11-10-12(15)5-9-17(11)14-6-8-16-7-3-2-4-13(14)16/h11-14H,2-10,15H2,1H3. The summed E-state index contributed by atoms with van der Waals surface area (Å²) >= 11 is 0. The van der Waals surface area contributed by atoms with Crippen LogP contribution >= 0.6 is 0 Å². The highest BCUT2D eigenvalue weighted by atomic mass is 15.3. The summed E-state index contributed by atoms with van der Waals surface area (Å²) in [5.41, 5.74) is 6.08. The number of nitrogens with zero attached hydrogens (tertiary/aromatic N) is 2. The van der Waals surface area contributed by atoms with Gasteiger partial charge >= 0.3 is 0 Å². The monoisotopic (exact) mass is 237 g/mol. The Morgan fingerprint density at radius 2 is 1.82 bits per heavy atom. The molecule has 3 heteroatoms. The van der Waals surface area contributed by atoms with Crippen molar-refractivity contribution >= 4 is 0 Å². The molecular formula is C14H27N3. The number of hydrogen-bond donors (Lipinski definition) is 1. The van der Waals surface area contributed by atoms with Crippen LogP contribution in [0.5, 0.6) is 0 Å². The first-order valence-electron chi connectivity index (χ1n) is 7.51. The fourth-order valence-electron chi connectivity index (χ4n) is 4.33. The van der Waals surface area contributed by atoms with E-state index >= 15 is 0 Å². The van der Waals surface area contributed by atoms with E-state index in [1.54, 1.807) is 0 Å². The lowest BCUT2D eigenvalue weighted by molar-refractivity contribution is 0.0590. The second kappa shape index (κ2) is 4.87. The van der Waals surface area contributed by atoms with Crippen LogP contribution in [-0.4, -0.2) is 53.6 Å². The fourth-order valence-corrected chi connectivity index (χ4v) is 4.33. The Morgan fingerprint density at radius 1 is 0.941 bits per heavy atom. The summed E-state index contributed by atoms with van der Waals surface area (Å²) in [6.07, 6.45) is 8.09. The third-order valence-electron chi connectivity index (χ3n) is 5.21. The summed E-state index contributed by atoms with van der Waals surface area (Å²) in [6.45, 7) is 6.30. The quantitative estimate of drug-likeness (QED) is 0.749. The summed E-state index contributed by atoms with van der Waals surface area (Å²) in [4.78, 5) is 5.52. The molecule has 3 fully saturated rings. The maximum absolute atomic E-state index is 6.08. The van der Waals surface area contributed by atoms with Gasteiger partial charge in [0.05, 0.1) is 0 Å². The Hall–Kier alpha value is -0.120. The van der Waals surface area contributed by atoms with Crippen molar-refractivity contribution in [3.63, 3.8) is 0 Å². The fraction of sp³-hybridized carbons (Fsp3) is 1.00. The highest BCUT2D eigenvalue weighted by molar-refractivity contribution is 4.98. The van der Waals surface area contributed by atoms with Crippen LogP contribution in [0.15, 0.2) is 0 Å². The van der Waals surface area contributed by atoms with Crippen molar-refractivity contribution in [1.29, 1.82) is 0 Å². The van der Waals surface area contributed by atoms with E-state index in [-0.39, 0.29) is 0 Å². The minimum absolute atomic E-state index is 0.449. The number of nitrogens with two attached hydrogens (primary N) is 1. The largest absolute Gasteiger partial charge is 0.328 e. The Bertz CT molecular complexity index is 268. The molecule has 3 heterocycles. The third kappa shape index (κ3) is 2.25. The van der Waals surface area contributed by atoms with Crippen LogP contribution in [-0.2, 0) is 0 Å². The lowest BCUT2D eigenvalue weighted by Crippen LogP contribution is -2.54. The average Bonchev–Trinajstić information content (AvgIpc) is 2.73. The van der Waals surface area contributed by atoms with Gasteiger partial charge in [-0.3, -0.25) is 9.80 Å². The molecule has 0 aromatic heterocycles. The van der Waals surface area contributed by atoms with Crippen LogP contribution < -0.4 is 5.73 Å². The molecule has 0 amide bonds. The summed E-state index contributed by atoms with van der Waals surface area (Å²) in [5, 5.41) is 0. The van der Waals surface area contributed by atoms with Crippen LogP contribution in [0.4, 0.5) is 0 Å². The van der Waals surface area contributed by atoms with Crippen molar-refractivity contribution in [2.24, 2.45) is 5.73 Å². The number of rotatable bonds is 1. The molecule has 3 saturated heterocycles. The summed E-state index contributed by atoms with van der Waals surface area (Å²) in [7, 11) is 0. The normalized spacial score (nSPS) is 44.8. The van der Waals surface area contributed by atoms with Gasteiger partial charge in [0.25, 0.3) is 0 Å². The first kappa shape index (κ1) is 11.9. The highest BCUT2D eigenvalue weighted by Crippen LogP contribution is 2.33. The molecule has 3 nitrogen and oxygen atoms in total. The van der Waals surface area contributed by atoms with Gasteiger partial charge in [0.15, 0.2) is 0 Å². The molecule has 0 aromatic carbocycles. The Kier molecular flexibility index (Phi) is 3.42. The van der Waals surface area contributed by atoms with E-state index in [9.17, 15) is 0 Å². The predicted octanol–water partition coefficient (Wildman–Crippen LogP) is 1.42. The number of piperidine rings is 2. The Morgan fingerprint density at radius 3 is 2.65 bits per heavy atom. The lowest BCUT2D eigenvalue weighted by Gasteiger charge is -2.44. The van der Waals surface area contributed by atoms with Crippen LogP contribution in [0, 0.1) is 0 Å². The third-order valence-corrected chi connectivity index (χ3v) is 5.21. The van der Waals surface area contributed by atoms with Crippen LogP contribution in [0.1, 0.15) is 45.4 Å².